The van der Waals surface area contributed by atoms with Crippen molar-refractivity contribution in [3.05, 3.63) is 5.01 Å². The highest BCUT2D eigenvalue weighted by molar-refractivity contribution is 8.01. The minimum atomic E-state index is -0.402. The van der Waals surface area contributed by atoms with Crippen molar-refractivity contribution in [3.63, 3.8) is 0 Å². The van der Waals surface area contributed by atoms with E-state index in [1.807, 2.05) is 6.92 Å². The highest BCUT2D eigenvalue weighted by Gasteiger charge is 2.52. The van der Waals surface area contributed by atoms with Crippen LogP contribution < -0.4 is 5.32 Å². The SMILES string of the molecule is CCC(CC)c1nnc(NC(=O)[C@H]2CS[C@@]3(C)CCC(=O)N23)s1. The average molecular weight is 355 g/mol. The van der Waals surface area contributed by atoms with Crippen molar-refractivity contribution in [2.24, 2.45) is 0 Å². The lowest BCUT2D eigenvalue weighted by atomic mass is 10.1. The number of aromatic nitrogens is 2. The zero-order valence-corrected chi connectivity index (χ0v) is 15.3. The van der Waals surface area contributed by atoms with E-state index in [1.54, 1.807) is 16.7 Å². The molecule has 2 fully saturated rings. The fourth-order valence-electron chi connectivity index (χ4n) is 3.29. The van der Waals surface area contributed by atoms with Crippen molar-refractivity contribution in [3.8, 4) is 0 Å². The van der Waals surface area contributed by atoms with Crippen LogP contribution in [0.25, 0.3) is 0 Å². The Labute approximate surface area is 144 Å². The van der Waals surface area contributed by atoms with Crippen LogP contribution in [0.2, 0.25) is 0 Å². The maximum atomic E-state index is 12.6. The lowest BCUT2D eigenvalue weighted by Gasteiger charge is -2.29. The van der Waals surface area contributed by atoms with Gasteiger partial charge < -0.3 is 4.90 Å². The number of rotatable bonds is 5. The summed E-state index contributed by atoms with van der Waals surface area (Å²) in [7, 11) is 0. The van der Waals surface area contributed by atoms with E-state index < -0.39 is 6.04 Å². The van der Waals surface area contributed by atoms with E-state index in [1.165, 1.54) is 11.3 Å². The van der Waals surface area contributed by atoms with E-state index in [0.717, 1.165) is 24.3 Å². The fourth-order valence-corrected chi connectivity index (χ4v) is 5.74. The van der Waals surface area contributed by atoms with Crippen molar-refractivity contribution in [1.29, 1.82) is 0 Å². The molecule has 6 nitrogen and oxygen atoms in total. The van der Waals surface area contributed by atoms with Gasteiger partial charge in [-0.1, -0.05) is 25.2 Å². The van der Waals surface area contributed by atoms with Gasteiger partial charge in [-0.25, -0.2) is 0 Å². The van der Waals surface area contributed by atoms with E-state index >= 15 is 0 Å². The first-order valence-electron chi connectivity index (χ1n) is 8.09. The van der Waals surface area contributed by atoms with Crippen molar-refractivity contribution in [1.82, 2.24) is 15.1 Å². The van der Waals surface area contributed by atoms with Crippen LogP contribution in [0.4, 0.5) is 5.13 Å². The molecule has 0 radical (unpaired) electrons. The van der Waals surface area contributed by atoms with Crippen molar-refractivity contribution in [2.75, 3.05) is 11.1 Å². The molecule has 1 aromatic rings. The number of thioether (sulfide) groups is 1. The summed E-state index contributed by atoms with van der Waals surface area (Å²) in [5.74, 6) is 0.965. The lowest BCUT2D eigenvalue weighted by Crippen LogP contribution is -2.48. The predicted octanol–water partition coefficient (Wildman–Crippen LogP) is 2.83. The van der Waals surface area contributed by atoms with Gasteiger partial charge in [0, 0.05) is 18.1 Å². The Kier molecular flexibility index (Phi) is 4.64. The molecule has 2 aliphatic heterocycles. The number of carbonyl (C=O) groups excluding carboxylic acids is 2. The molecule has 0 bridgehead atoms. The van der Waals surface area contributed by atoms with Crippen LogP contribution in [-0.2, 0) is 9.59 Å². The third-order valence-electron chi connectivity index (χ3n) is 4.75. The molecule has 2 aliphatic rings. The Hall–Kier alpha value is -1.15. The van der Waals surface area contributed by atoms with Crippen LogP contribution in [0.15, 0.2) is 0 Å². The van der Waals surface area contributed by atoms with Crippen LogP contribution in [0.1, 0.15) is 57.4 Å². The van der Waals surface area contributed by atoms with Gasteiger partial charge in [0.15, 0.2) is 0 Å². The molecule has 1 aromatic heterocycles. The first-order chi connectivity index (χ1) is 11.0. The second-order valence-corrected chi connectivity index (χ2v) is 8.72. The van der Waals surface area contributed by atoms with Crippen molar-refractivity contribution < 1.29 is 9.59 Å². The van der Waals surface area contributed by atoms with Crippen LogP contribution in [0.5, 0.6) is 0 Å². The highest BCUT2D eigenvalue weighted by atomic mass is 32.2. The Morgan fingerprint density at radius 3 is 2.87 bits per heavy atom. The summed E-state index contributed by atoms with van der Waals surface area (Å²) in [6.45, 7) is 6.30. The van der Waals surface area contributed by atoms with Crippen molar-refractivity contribution in [2.45, 2.75) is 63.3 Å². The normalized spacial score (nSPS) is 26.9. The van der Waals surface area contributed by atoms with Gasteiger partial charge in [-0.15, -0.1) is 22.0 Å². The number of hydrogen-bond donors (Lipinski definition) is 1. The third kappa shape index (κ3) is 2.98. The van der Waals surface area contributed by atoms with E-state index in [9.17, 15) is 9.59 Å². The number of nitrogens with one attached hydrogen (secondary N) is 1. The molecule has 2 amide bonds. The van der Waals surface area contributed by atoms with Gasteiger partial charge in [-0.2, -0.15) is 0 Å². The van der Waals surface area contributed by atoms with Gasteiger partial charge in [0.25, 0.3) is 0 Å². The summed E-state index contributed by atoms with van der Waals surface area (Å²) >= 11 is 3.13. The molecule has 3 heterocycles. The number of fused-ring (bicyclic) bond motifs is 1. The van der Waals surface area contributed by atoms with Crippen LogP contribution in [0, 0.1) is 0 Å². The monoisotopic (exact) mass is 354 g/mol. The molecule has 2 saturated heterocycles. The summed E-state index contributed by atoms with van der Waals surface area (Å²) in [6.07, 6.45) is 3.38. The summed E-state index contributed by atoms with van der Waals surface area (Å²) < 4.78 is 0. The fraction of sp³-hybridized carbons (Fsp3) is 0.733. The smallest absolute Gasteiger partial charge is 0.249 e. The standard InChI is InChI=1S/C15H22N4O2S2/c1-4-9(5-2)13-17-18-14(23-13)16-12(21)10-8-22-15(3)7-6-11(20)19(10)15/h9-10H,4-8H2,1-3H3,(H,16,18,21)/t10-,15+/m1/s1. The quantitative estimate of drug-likeness (QED) is 0.880. The molecule has 3 rings (SSSR count). The second-order valence-electron chi connectivity index (χ2n) is 6.21. The summed E-state index contributed by atoms with van der Waals surface area (Å²) in [4.78, 5) is 26.2. The predicted molar refractivity (Wildman–Crippen MR) is 92.6 cm³/mol. The zero-order valence-electron chi connectivity index (χ0n) is 13.7. The van der Waals surface area contributed by atoms with E-state index in [2.05, 4.69) is 29.4 Å². The Balaban J connectivity index is 1.69. The summed E-state index contributed by atoms with van der Waals surface area (Å²) in [6, 6.07) is -0.402. The highest BCUT2D eigenvalue weighted by Crippen LogP contribution is 2.47. The number of hydrogen-bond acceptors (Lipinski definition) is 6. The molecule has 23 heavy (non-hydrogen) atoms. The molecule has 0 unspecified atom stereocenters. The first kappa shape index (κ1) is 16.7. The Morgan fingerprint density at radius 1 is 1.43 bits per heavy atom. The Bertz CT molecular complexity index is 616. The number of carbonyl (C=O) groups is 2. The van der Waals surface area contributed by atoms with E-state index in [4.69, 9.17) is 0 Å². The van der Waals surface area contributed by atoms with Gasteiger partial charge in [-0.3, -0.25) is 14.9 Å². The zero-order chi connectivity index (χ0) is 16.6. The molecule has 0 aliphatic carbocycles. The Morgan fingerprint density at radius 2 is 2.17 bits per heavy atom. The molecule has 8 heteroatoms. The van der Waals surface area contributed by atoms with Gasteiger partial charge in [-0.05, 0) is 26.2 Å². The van der Waals surface area contributed by atoms with Crippen LogP contribution >= 0.6 is 23.1 Å². The maximum absolute atomic E-state index is 12.6. The summed E-state index contributed by atoms with van der Waals surface area (Å²) in [5, 5.41) is 12.6. The molecular formula is C15H22N4O2S2. The number of nitrogens with zero attached hydrogens (tertiary/aromatic N) is 3. The molecule has 126 valence electrons. The summed E-state index contributed by atoms with van der Waals surface area (Å²) in [5.41, 5.74) is 0. The van der Waals surface area contributed by atoms with Gasteiger partial charge in [0.2, 0.25) is 16.9 Å². The molecular weight excluding hydrogens is 332 g/mol. The average Bonchev–Trinajstić information content (AvgIpc) is 3.18. The molecule has 0 saturated carbocycles. The molecule has 0 spiro atoms. The largest absolute Gasteiger partial charge is 0.315 e. The van der Waals surface area contributed by atoms with Crippen molar-refractivity contribution >= 4 is 40.0 Å². The minimum absolute atomic E-state index is 0.0765. The number of anilines is 1. The molecule has 2 atom stereocenters. The second kappa shape index (κ2) is 6.39. The van der Waals surface area contributed by atoms with E-state index in [0.29, 0.717) is 23.2 Å². The molecule has 0 aromatic carbocycles. The topological polar surface area (TPSA) is 75.2 Å². The minimum Gasteiger partial charge on any atom is -0.315 e. The van der Waals surface area contributed by atoms with Gasteiger partial charge in [0.1, 0.15) is 11.0 Å². The van der Waals surface area contributed by atoms with Crippen LogP contribution in [0.3, 0.4) is 0 Å². The first-order valence-corrected chi connectivity index (χ1v) is 9.89. The third-order valence-corrected chi connectivity index (χ3v) is 7.26. The van der Waals surface area contributed by atoms with Gasteiger partial charge >= 0.3 is 0 Å². The molecule has 1 N–H and O–H groups in total. The lowest BCUT2D eigenvalue weighted by molar-refractivity contribution is -0.135. The van der Waals surface area contributed by atoms with Gasteiger partial charge in [0.05, 0.1) is 4.87 Å². The van der Waals surface area contributed by atoms with Crippen LogP contribution in [-0.4, -0.2) is 43.6 Å². The maximum Gasteiger partial charge on any atom is 0.249 e. The number of amides is 2. The van der Waals surface area contributed by atoms with E-state index in [-0.39, 0.29) is 16.7 Å².